The molecule has 3 rings (SSSR count). The molecule has 1 aliphatic rings. The molecule has 1 atom stereocenters. The van der Waals surface area contributed by atoms with Gasteiger partial charge in [-0.3, -0.25) is 15.0 Å². The summed E-state index contributed by atoms with van der Waals surface area (Å²) in [5.74, 6) is 2.14. The Morgan fingerprint density at radius 1 is 1.27 bits per heavy atom. The number of hydrogen-bond donors (Lipinski definition) is 0. The molecule has 0 aromatic heterocycles. The zero-order chi connectivity index (χ0) is 18.5. The molecule has 1 aliphatic heterocycles. The van der Waals surface area contributed by atoms with Crippen molar-refractivity contribution >= 4 is 5.69 Å². The van der Waals surface area contributed by atoms with Crippen molar-refractivity contribution in [3.8, 4) is 17.2 Å². The molecule has 7 heteroatoms. The fraction of sp³-hybridized carbons (Fsp3) is 0.368. The minimum atomic E-state index is -0.395. The van der Waals surface area contributed by atoms with Gasteiger partial charge in [0.1, 0.15) is 18.5 Å². The van der Waals surface area contributed by atoms with Gasteiger partial charge in [0.2, 0.25) is 0 Å². The molecular weight excluding hydrogens is 336 g/mol. The standard InChI is InChI=1S/C19H22N2O5/c1-3-20(11-14-10-15(21(22)23)8-9-17(14)24-2)12-16-13-25-18-6-4-5-7-19(18)26-16/h4-10,16H,3,11-13H2,1-2H3. The van der Waals surface area contributed by atoms with Crippen molar-refractivity contribution in [2.75, 3.05) is 26.8 Å². The lowest BCUT2D eigenvalue weighted by molar-refractivity contribution is -0.385. The highest BCUT2D eigenvalue weighted by Crippen LogP contribution is 2.31. The minimum absolute atomic E-state index is 0.0584. The SMILES string of the molecule is CCN(Cc1cc([N+](=O)[O-])ccc1OC)CC1COc2ccccc2O1. The second-order valence-electron chi connectivity index (χ2n) is 6.08. The summed E-state index contributed by atoms with van der Waals surface area (Å²) in [6.07, 6.45) is -0.102. The Morgan fingerprint density at radius 2 is 2.04 bits per heavy atom. The molecule has 0 saturated carbocycles. The van der Waals surface area contributed by atoms with Crippen LogP contribution < -0.4 is 14.2 Å². The Balaban J connectivity index is 1.70. The number of rotatable bonds is 7. The van der Waals surface area contributed by atoms with Gasteiger partial charge in [-0.15, -0.1) is 0 Å². The maximum absolute atomic E-state index is 11.1. The van der Waals surface area contributed by atoms with Gasteiger partial charge in [-0.25, -0.2) is 0 Å². The molecular formula is C19H22N2O5. The first-order valence-electron chi connectivity index (χ1n) is 8.52. The van der Waals surface area contributed by atoms with Gasteiger partial charge in [-0.1, -0.05) is 19.1 Å². The molecule has 0 fully saturated rings. The Bertz CT molecular complexity index is 780. The largest absolute Gasteiger partial charge is 0.496 e. The van der Waals surface area contributed by atoms with E-state index in [9.17, 15) is 10.1 Å². The third-order valence-electron chi connectivity index (χ3n) is 4.35. The van der Waals surface area contributed by atoms with Crippen molar-refractivity contribution < 1.29 is 19.1 Å². The number of nitro benzene ring substituents is 1. The Morgan fingerprint density at radius 3 is 2.73 bits per heavy atom. The van der Waals surface area contributed by atoms with Crippen LogP contribution in [0.25, 0.3) is 0 Å². The van der Waals surface area contributed by atoms with Crippen LogP contribution in [0.1, 0.15) is 12.5 Å². The third-order valence-corrected chi connectivity index (χ3v) is 4.35. The Labute approximate surface area is 152 Å². The van der Waals surface area contributed by atoms with Crippen molar-refractivity contribution in [1.82, 2.24) is 4.90 Å². The van der Waals surface area contributed by atoms with E-state index in [1.807, 2.05) is 31.2 Å². The molecule has 1 heterocycles. The molecule has 0 spiro atoms. The second-order valence-corrected chi connectivity index (χ2v) is 6.08. The molecule has 0 amide bonds. The third kappa shape index (κ3) is 4.05. The number of para-hydroxylation sites is 2. The van der Waals surface area contributed by atoms with E-state index in [1.165, 1.54) is 6.07 Å². The lowest BCUT2D eigenvalue weighted by Gasteiger charge is -2.31. The van der Waals surface area contributed by atoms with E-state index in [-0.39, 0.29) is 11.8 Å². The van der Waals surface area contributed by atoms with E-state index in [4.69, 9.17) is 14.2 Å². The van der Waals surface area contributed by atoms with E-state index in [0.717, 1.165) is 23.6 Å². The van der Waals surface area contributed by atoms with Crippen molar-refractivity contribution in [2.45, 2.75) is 19.6 Å². The highest BCUT2D eigenvalue weighted by molar-refractivity contribution is 5.44. The van der Waals surface area contributed by atoms with Crippen molar-refractivity contribution in [2.24, 2.45) is 0 Å². The molecule has 0 radical (unpaired) electrons. The number of hydrogen-bond acceptors (Lipinski definition) is 6. The summed E-state index contributed by atoms with van der Waals surface area (Å²) < 4.78 is 17.1. The maximum atomic E-state index is 11.1. The van der Waals surface area contributed by atoms with Gasteiger partial charge in [0.05, 0.1) is 12.0 Å². The number of nitro groups is 1. The Hall–Kier alpha value is -2.80. The monoisotopic (exact) mass is 358 g/mol. The van der Waals surface area contributed by atoms with E-state index >= 15 is 0 Å². The van der Waals surface area contributed by atoms with Crippen molar-refractivity contribution in [3.63, 3.8) is 0 Å². The normalized spacial score (nSPS) is 15.7. The van der Waals surface area contributed by atoms with Gasteiger partial charge in [-0.05, 0) is 24.7 Å². The fourth-order valence-electron chi connectivity index (χ4n) is 2.99. The van der Waals surface area contributed by atoms with Gasteiger partial charge < -0.3 is 14.2 Å². The van der Waals surface area contributed by atoms with Crippen molar-refractivity contribution in [3.05, 3.63) is 58.1 Å². The molecule has 0 saturated heterocycles. The molecule has 0 N–H and O–H groups in total. The molecule has 7 nitrogen and oxygen atoms in total. The molecule has 1 unspecified atom stereocenters. The van der Waals surface area contributed by atoms with E-state index in [2.05, 4.69) is 4.90 Å². The number of non-ortho nitro benzene ring substituents is 1. The number of benzene rings is 2. The van der Waals surface area contributed by atoms with Crippen LogP contribution >= 0.6 is 0 Å². The van der Waals surface area contributed by atoms with E-state index < -0.39 is 4.92 Å². The average molecular weight is 358 g/mol. The van der Waals surface area contributed by atoms with Gasteiger partial charge in [0, 0.05) is 30.8 Å². The smallest absolute Gasteiger partial charge is 0.270 e. The number of nitrogens with zero attached hydrogens (tertiary/aromatic N) is 2. The van der Waals surface area contributed by atoms with Crippen LogP contribution in [0, 0.1) is 10.1 Å². The summed E-state index contributed by atoms with van der Waals surface area (Å²) in [6, 6.07) is 12.3. The first-order chi connectivity index (χ1) is 12.6. The number of likely N-dealkylation sites (N-methyl/N-ethyl adjacent to an activating group) is 1. The summed E-state index contributed by atoms with van der Waals surface area (Å²) in [5.41, 5.74) is 0.837. The topological polar surface area (TPSA) is 74.1 Å². The summed E-state index contributed by atoms with van der Waals surface area (Å²) in [7, 11) is 1.57. The van der Waals surface area contributed by atoms with Crippen molar-refractivity contribution in [1.29, 1.82) is 0 Å². The summed E-state index contributed by atoms with van der Waals surface area (Å²) in [6.45, 7) is 4.47. The van der Waals surface area contributed by atoms with Crippen LogP contribution in [-0.4, -0.2) is 42.7 Å². The number of fused-ring (bicyclic) bond motifs is 1. The predicted octanol–water partition coefficient (Wildman–Crippen LogP) is 3.27. The van der Waals surface area contributed by atoms with E-state index in [1.54, 1.807) is 19.2 Å². The zero-order valence-corrected chi connectivity index (χ0v) is 14.9. The molecule has 0 bridgehead atoms. The quantitative estimate of drug-likeness (QED) is 0.559. The molecule has 2 aromatic carbocycles. The van der Waals surface area contributed by atoms with Crippen LogP contribution in [0.2, 0.25) is 0 Å². The van der Waals surface area contributed by atoms with Gasteiger partial charge >= 0.3 is 0 Å². The van der Waals surface area contributed by atoms with Crippen LogP contribution in [0.4, 0.5) is 5.69 Å². The van der Waals surface area contributed by atoms with Crippen LogP contribution in [0.5, 0.6) is 17.2 Å². The highest BCUT2D eigenvalue weighted by atomic mass is 16.6. The predicted molar refractivity (Wildman–Crippen MR) is 97.0 cm³/mol. The summed E-state index contributed by atoms with van der Waals surface area (Å²) >= 11 is 0. The molecule has 0 aliphatic carbocycles. The lowest BCUT2D eigenvalue weighted by atomic mass is 10.1. The van der Waals surface area contributed by atoms with Gasteiger partial charge in [0.15, 0.2) is 11.5 Å². The van der Waals surface area contributed by atoms with Crippen LogP contribution in [-0.2, 0) is 6.54 Å². The fourth-order valence-corrected chi connectivity index (χ4v) is 2.99. The van der Waals surface area contributed by atoms with Gasteiger partial charge in [0.25, 0.3) is 5.69 Å². The Kier molecular flexibility index (Phi) is 5.58. The van der Waals surface area contributed by atoms with Gasteiger partial charge in [-0.2, -0.15) is 0 Å². The summed E-state index contributed by atoms with van der Waals surface area (Å²) in [5, 5.41) is 11.1. The number of ether oxygens (including phenoxy) is 3. The van der Waals surface area contributed by atoms with E-state index in [0.29, 0.717) is 25.4 Å². The zero-order valence-electron chi connectivity index (χ0n) is 14.9. The molecule has 26 heavy (non-hydrogen) atoms. The van der Waals surface area contributed by atoms with Crippen LogP contribution in [0.3, 0.4) is 0 Å². The minimum Gasteiger partial charge on any atom is -0.496 e. The first-order valence-corrected chi connectivity index (χ1v) is 8.52. The highest BCUT2D eigenvalue weighted by Gasteiger charge is 2.23. The summed E-state index contributed by atoms with van der Waals surface area (Å²) in [4.78, 5) is 12.8. The number of methoxy groups -OCH3 is 1. The molecule has 2 aromatic rings. The second kappa shape index (κ2) is 8.05. The average Bonchev–Trinajstić information content (AvgIpc) is 2.67. The first kappa shape index (κ1) is 18.0. The lowest BCUT2D eigenvalue weighted by Crippen LogP contribution is -2.40. The maximum Gasteiger partial charge on any atom is 0.270 e. The molecule has 138 valence electrons. The van der Waals surface area contributed by atoms with Crippen LogP contribution in [0.15, 0.2) is 42.5 Å².